The zero-order valence-electron chi connectivity index (χ0n) is 13.2. The first-order valence-electron chi connectivity index (χ1n) is 7.07. The largest absolute Gasteiger partial charge is 0.426 e. The van der Waals surface area contributed by atoms with Gasteiger partial charge in [0.2, 0.25) is 5.91 Å². The van der Waals surface area contributed by atoms with Gasteiger partial charge in [0, 0.05) is 22.7 Å². The number of esters is 1. The number of carbonyl (C=O) groups is 2. The zero-order valence-corrected chi connectivity index (χ0v) is 14.0. The summed E-state index contributed by atoms with van der Waals surface area (Å²) in [5.41, 5.74) is 7.08. The number of primary amides is 1. The maximum absolute atomic E-state index is 12.0. The van der Waals surface area contributed by atoms with Crippen LogP contribution in [0.4, 0.5) is 0 Å². The van der Waals surface area contributed by atoms with Crippen LogP contribution in [0.2, 0.25) is 0 Å². The van der Waals surface area contributed by atoms with E-state index in [9.17, 15) is 14.4 Å². The molecule has 0 fully saturated rings. The highest BCUT2D eigenvalue weighted by Gasteiger charge is 2.13. The summed E-state index contributed by atoms with van der Waals surface area (Å²) in [6.07, 6.45) is 0.0666. The first kappa shape index (κ1) is 17.0. The van der Waals surface area contributed by atoms with Gasteiger partial charge in [-0.2, -0.15) is 0 Å². The summed E-state index contributed by atoms with van der Waals surface area (Å²) in [6, 6.07) is 4.69. The van der Waals surface area contributed by atoms with Crippen LogP contribution in [0.1, 0.15) is 32.9 Å². The van der Waals surface area contributed by atoms with Gasteiger partial charge in [0.25, 0.3) is 0 Å². The van der Waals surface area contributed by atoms with Crippen LogP contribution in [0.3, 0.4) is 0 Å². The fraction of sp³-hybridized carbons (Fsp3) is 0.312. The molecule has 0 aliphatic rings. The number of aryl methyl sites for hydroxylation is 2. The van der Waals surface area contributed by atoms with Crippen molar-refractivity contribution in [2.24, 2.45) is 5.73 Å². The van der Waals surface area contributed by atoms with Crippen molar-refractivity contribution in [2.75, 3.05) is 0 Å². The minimum atomic E-state index is -0.585. The summed E-state index contributed by atoms with van der Waals surface area (Å²) >= 11 is 1.16. The Morgan fingerprint density at radius 2 is 1.96 bits per heavy atom. The number of amides is 1. The lowest BCUT2D eigenvalue weighted by atomic mass is 10.1. The van der Waals surface area contributed by atoms with Crippen molar-refractivity contribution in [3.05, 3.63) is 49.6 Å². The molecule has 6 nitrogen and oxygen atoms in total. The minimum Gasteiger partial charge on any atom is -0.426 e. The second kappa shape index (κ2) is 6.78. The summed E-state index contributed by atoms with van der Waals surface area (Å²) in [7, 11) is 0. The minimum absolute atomic E-state index is 0.0666. The van der Waals surface area contributed by atoms with E-state index in [2.05, 4.69) is 0 Å². The quantitative estimate of drug-likeness (QED) is 0.668. The molecule has 2 N–H and O–H groups in total. The Balaban J connectivity index is 2.07. The van der Waals surface area contributed by atoms with E-state index in [4.69, 9.17) is 10.5 Å². The number of benzene rings is 1. The molecule has 2 aromatic rings. The molecule has 0 aliphatic carbocycles. The standard InChI is InChI=1S/C16H18N2O4S/c1-9-4-5-12(15(17)20)8-13(9)22-14(19)6-7-18-10(2)11(3)23-16(18)21/h4-5,8H,6-7H2,1-3H3,(H2,17,20). The average Bonchev–Trinajstić information content (AvgIpc) is 2.72. The van der Waals surface area contributed by atoms with Crippen molar-refractivity contribution in [1.29, 1.82) is 0 Å². The van der Waals surface area contributed by atoms with E-state index in [1.54, 1.807) is 23.6 Å². The number of hydrogen-bond donors (Lipinski definition) is 1. The van der Waals surface area contributed by atoms with Crippen LogP contribution in [0.15, 0.2) is 23.0 Å². The van der Waals surface area contributed by atoms with E-state index in [0.717, 1.165) is 27.5 Å². The van der Waals surface area contributed by atoms with E-state index in [0.29, 0.717) is 5.75 Å². The van der Waals surface area contributed by atoms with Gasteiger partial charge >= 0.3 is 10.8 Å². The number of nitrogens with zero attached hydrogens (tertiary/aromatic N) is 1. The Bertz CT molecular complexity index is 820. The number of thiazole rings is 1. The lowest BCUT2D eigenvalue weighted by molar-refractivity contribution is -0.134. The molecule has 0 atom stereocenters. The fourth-order valence-corrected chi connectivity index (χ4v) is 2.94. The Kier molecular flexibility index (Phi) is 5.00. The summed E-state index contributed by atoms with van der Waals surface area (Å²) in [5.74, 6) is -0.750. The van der Waals surface area contributed by atoms with Crippen molar-refractivity contribution in [1.82, 2.24) is 4.57 Å². The van der Waals surface area contributed by atoms with Gasteiger partial charge in [0.15, 0.2) is 0 Å². The molecule has 0 unspecified atom stereocenters. The third-order valence-corrected chi connectivity index (χ3v) is 4.61. The lowest BCUT2D eigenvalue weighted by Crippen LogP contribution is -2.19. The van der Waals surface area contributed by atoms with Gasteiger partial charge in [0.05, 0.1) is 6.42 Å². The Morgan fingerprint density at radius 1 is 1.26 bits per heavy atom. The topological polar surface area (TPSA) is 91.4 Å². The first-order chi connectivity index (χ1) is 10.8. The number of ether oxygens (including phenoxy) is 1. The van der Waals surface area contributed by atoms with Crippen LogP contribution < -0.4 is 15.3 Å². The number of rotatable bonds is 5. The summed E-state index contributed by atoms with van der Waals surface area (Å²) in [6.45, 7) is 5.75. The molecule has 1 heterocycles. The highest BCUT2D eigenvalue weighted by Crippen LogP contribution is 2.20. The molecule has 122 valence electrons. The smallest absolute Gasteiger partial charge is 0.313 e. The number of nitrogens with two attached hydrogens (primary N) is 1. The van der Waals surface area contributed by atoms with Crippen LogP contribution in [0, 0.1) is 20.8 Å². The Labute approximate surface area is 137 Å². The molecule has 1 amide bonds. The van der Waals surface area contributed by atoms with Crippen LogP contribution in [-0.2, 0) is 11.3 Å². The van der Waals surface area contributed by atoms with Crippen molar-refractivity contribution in [3.63, 3.8) is 0 Å². The van der Waals surface area contributed by atoms with Crippen LogP contribution in [0.5, 0.6) is 5.75 Å². The van der Waals surface area contributed by atoms with Crippen molar-refractivity contribution < 1.29 is 14.3 Å². The SMILES string of the molecule is Cc1ccc(C(N)=O)cc1OC(=O)CCn1c(C)c(C)sc1=O. The van der Waals surface area contributed by atoms with Crippen molar-refractivity contribution >= 4 is 23.2 Å². The van der Waals surface area contributed by atoms with Gasteiger partial charge in [-0.25, -0.2) is 0 Å². The van der Waals surface area contributed by atoms with E-state index in [-0.39, 0.29) is 23.4 Å². The molecule has 0 aliphatic heterocycles. The third-order valence-electron chi connectivity index (χ3n) is 3.61. The van der Waals surface area contributed by atoms with Gasteiger partial charge in [0.1, 0.15) is 5.75 Å². The summed E-state index contributed by atoms with van der Waals surface area (Å²) in [5, 5.41) is 0. The zero-order chi connectivity index (χ0) is 17.1. The molecule has 1 aromatic heterocycles. The van der Waals surface area contributed by atoms with Gasteiger partial charge in [-0.05, 0) is 38.5 Å². The normalized spacial score (nSPS) is 10.6. The van der Waals surface area contributed by atoms with Gasteiger partial charge in [-0.15, -0.1) is 0 Å². The molecule has 0 radical (unpaired) electrons. The Hall–Kier alpha value is -2.41. The average molecular weight is 334 g/mol. The number of aromatic nitrogens is 1. The molecule has 2 rings (SSSR count). The van der Waals surface area contributed by atoms with Crippen molar-refractivity contribution in [3.8, 4) is 5.75 Å². The lowest BCUT2D eigenvalue weighted by Gasteiger charge is -2.09. The molecule has 0 saturated heterocycles. The number of hydrogen-bond acceptors (Lipinski definition) is 5. The van der Waals surface area contributed by atoms with Gasteiger partial charge in [-0.1, -0.05) is 17.4 Å². The third kappa shape index (κ3) is 3.87. The maximum atomic E-state index is 12.0. The van der Waals surface area contributed by atoms with Crippen LogP contribution in [0.25, 0.3) is 0 Å². The predicted octanol–water partition coefficient (Wildman–Crippen LogP) is 1.93. The molecule has 7 heteroatoms. The van der Waals surface area contributed by atoms with Gasteiger partial charge in [-0.3, -0.25) is 14.4 Å². The Morgan fingerprint density at radius 3 is 2.52 bits per heavy atom. The highest BCUT2D eigenvalue weighted by molar-refractivity contribution is 7.09. The molecule has 23 heavy (non-hydrogen) atoms. The second-order valence-corrected chi connectivity index (χ2v) is 6.40. The highest BCUT2D eigenvalue weighted by atomic mass is 32.1. The molecular formula is C16H18N2O4S. The van der Waals surface area contributed by atoms with Gasteiger partial charge < -0.3 is 15.0 Å². The summed E-state index contributed by atoms with van der Waals surface area (Å²) in [4.78, 5) is 35.8. The van der Waals surface area contributed by atoms with E-state index < -0.39 is 11.9 Å². The fourth-order valence-electron chi connectivity index (χ4n) is 2.09. The molecular weight excluding hydrogens is 316 g/mol. The summed E-state index contributed by atoms with van der Waals surface area (Å²) < 4.78 is 6.85. The van der Waals surface area contributed by atoms with Crippen molar-refractivity contribution in [2.45, 2.75) is 33.7 Å². The monoisotopic (exact) mass is 334 g/mol. The number of carbonyl (C=O) groups excluding carboxylic acids is 2. The van der Waals surface area contributed by atoms with E-state index in [1.807, 2.05) is 13.8 Å². The molecule has 1 aromatic carbocycles. The second-order valence-electron chi connectivity index (χ2n) is 5.23. The van der Waals surface area contributed by atoms with Crippen LogP contribution >= 0.6 is 11.3 Å². The van der Waals surface area contributed by atoms with E-state index >= 15 is 0 Å². The maximum Gasteiger partial charge on any atom is 0.313 e. The van der Waals surface area contributed by atoms with Crippen LogP contribution in [-0.4, -0.2) is 16.4 Å². The molecule has 0 saturated carbocycles. The molecule has 0 bridgehead atoms. The predicted molar refractivity (Wildman–Crippen MR) is 88.0 cm³/mol. The van der Waals surface area contributed by atoms with E-state index in [1.165, 1.54) is 6.07 Å². The first-order valence-corrected chi connectivity index (χ1v) is 7.89. The molecule has 0 spiro atoms.